The molecule has 3 rings (SSSR count). The number of aliphatic hydroxyl groups excluding tert-OH is 2. The predicted octanol–water partition coefficient (Wildman–Crippen LogP) is 11.5. The fraction of sp³-hybridized carbons (Fsp3) is 0.595. The van der Waals surface area contributed by atoms with E-state index in [0.717, 1.165) is 75.1 Å². The third kappa shape index (κ3) is 19.3. The van der Waals surface area contributed by atoms with Gasteiger partial charge in [0.1, 0.15) is 11.5 Å². The zero-order valence-corrected chi connectivity index (χ0v) is 32.9. The summed E-state index contributed by atoms with van der Waals surface area (Å²) in [6.45, 7) is 14.0. The Hall–Kier alpha value is -2.72. The number of aromatic nitrogens is 1. The van der Waals surface area contributed by atoms with Crippen molar-refractivity contribution in [2.24, 2.45) is 5.92 Å². The maximum Gasteiger partial charge on any atom is 0.319 e. The van der Waals surface area contributed by atoms with Gasteiger partial charge in [-0.25, -0.2) is 0 Å². The summed E-state index contributed by atoms with van der Waals surface area (Å²) in [6, 6.07) is 18.2. The van der Waals surface area contributed by atoms with Gasteiger partial charge in [-0.3, -0.25) is 14.6 Å². The van der Waals surface area contributed by atoms with Gasteiger partial charge in [0, 0.05) is 23.1 Å². The van der Waals surface area contributed by atoms with Crippen LogP contribution in [0.15, 0.2) is 65.1 Å². The molecule has 1 aliphatic rings. The number of unbranched alkanes of at least 4 members (excludes halogenated alkanes) is 5. The van der Waals surface area contributed by atoms with E-state index in [2.05, 4.69) is 62.5 Å². The van der Waals surface area contributed by atoms with Gasteiger partial charge in [-0.1, -0.05) is 84.3 Å². The number of ketones is 2. The number of allylic oxidation sites excluding steroid dienone is 4. The van der Waals surface area contributed by atoms with Crippen molar-refractivity contribution in [3.05, 3.63) is 76.9 Å². The summed E-state index contributed by atoms with van der Waals surface area (Å²) < 4.78 is 0. The van der Waals surface area contributed by atoms with Crippen LogP contribution in [0.25, 0.3) is 11.3 Å². The summed E-state index contributed by atoms with van der Waals surface area (Å²) in [6.07, 6.45) is 17.4. The number of nitrogens with one attached hydrogen (secondary N) is 1. The molecule has 0 amide bonds. The average Bonchev–Trinajstić information content (AvgIpc) is 3.08. The summed E-state index contributed by atoms with van der Waals surface area (Å²) in [4.78, 5) is 23.4. The van der Waals surface area contributed by atoms with Gasteiger partial charge >= 0.3 is 11.6 Å². The van der Waals surface area contributed by atoms with Crippen LogP contribution in [0.5, 0.6) is 0 Å². The first-order valence-electron chi connectivity index (χ1n) is 18.6. The Morgan fingerprint density at radius 1 is 0.776 bits per heavy atom. The Morgan fingerprint density at radius 3 is 1.78 bits per heavy atom. The SMILES string of the molecule is CCCCC/C(C(C)=[OH+])=C(\C)O.CCCCCC(C(C)=[OH+])=C(C)O.CCCCNC(c1cccc(-c2[c-]cccc2)n1)C1CCCCC1.[Cr]. The zero-order valence-electron chi connectivity index (χ0n) is 31.7. The Bertz CT molecular complexity index is 1200. The van der Waals surface area contributed by atoms with Gasteiger partial charge in [0.05, 0.1) is 31.0 Å². The molecule has 1 aromatic heterocycles. The van der Waals surface area contributed by atoms with Crippen molar-refractivity contribution in [2.75, 3.05) is 6.54 Å². The zero-order chi connectivity index (χ0) is 35.7. The normalized spacial score (nSPS) is 14.4. The van der Waals surface area contributed by atoms with Crippen LogP contribution in [0.3, 0.4) is 0 Å². The maximum absolute atomic E-state index is 9.18. The van der Waals surface area contributed by atoms with E-state index in [4.69, 9.17) is 4.98 Å². The van der Waals surface area contributed by atoms with Crippen molar-refractivity contribution in [2.45, 2.75) is 151 Å². The fourth-order valence-electron chi connectivity index (χ4n) is 6.09. The molecule has 0 saturated heterocycles. The van der Waals surface area contributed by atoms with Crippen molar-refractivity contribution in [3.8, 4) is 11.3 Å². The van der Waals surface area contributed by atoms with E-state index >= 15 is 0 Å². The van der Waals surface area contributed by atoms with Crippen molar-refractivity contribution in [1.82, 2.24) is 10.3 Å². The van der Waals surface area contributed by atoms with Gasteiger partial charge < -0.3 is 15.5 Å². The number of aliphatic hydroxyl groups is 2. The molecule has 0 bridgehead atoms. The number of hydrogen-bond acceptors (Lipinski definition) is 4. The molecule has 1 unspecified atom stereocenters. The number of pyridine rings is 1. The van der Waals surface area contributed by atoms with Gasteiger partial charge in [0.15, 0.2) is 0 Å². The minimum absolute atomic E-state index is 0. The second-order valence-electron chi connectivity index (χ2n) is 13.1. The van der Waals surface area contributed by atoms with E-state index in [1.807, 2.05) is 12.1 Å². The van der Waals surface area contributed by atoms with E-state index in [9.17, 15) is 19.8 Å². The van der Waals surface area contributed by atoms with Crippen LogP contribution in [-0.4, -0.2) is 42.9 Å². The Balaban J connectivity index is 0.000000785. The van der Waals surface area contributed by atoms with Crippen LogP contribution in [0, 0.1) is 12.0 Å². The molecule has 0 spiro atoms. The Morgan fingerprint density at radius 2 is 1.33 bits per heavy atom. The van der Waals surface area contributed by atoms with Gasteiger partial charge in [-0.05, 0) is 83.0 Å². The molecule has 274 valence electrons. The smallest absolute Gasteiger partial charge is 0.319 e. The molecule has 0 aliphatic heterocycles. The molecule has 1 saturated carbocycles. The van der Waals surface area contributed by atoms with Crippen LogP contribution < -0.4 is 5.32 Å². The van der Waals surface area contributed by atoms with Crippen LogP contribution in [0.1, 0.15) is 157 Å². The molecule has 49 heavy (non-hydrogen) atoms. The van der Waals surface area contributed by atoms with Gasteiger partial charge in [-0.15, -0.1) is 35.9 Å². The molecule has 1 heterocycles. The standard InChI is InChI=1S/C22H29N2.2C10H18O2.Cr/c1-2-3-17-23-22(19-13-8-5-9-14-19)21-16-10-15-20(24-21)18-11-6-4-7-12-18;2*1-4-5-6-7-10(8(2)11)9(3)12;/h4,6-7,10-11,15-16,19,22-23H,2-3,5,8-9,13-14,17H2,1H3;2*11H,4-7H2,1-3H3;/q-1;;;/p+2/b;10-8-;;. The molecule has 5 N–H and O–H groups in total. The van der Waals surface area contributed by atoms with Crippen molar-refractivity contribution >= 4 is 11.6 Å². The van der Waals surface area contributed by atoms with E-state index in [1.165, 1.54) is 50.6 Å². The Labute approximate surface area is 309 Å². The van der Waals surface area contributed by atoms with E-state index in [0.29, 0.717) is 17.2 Å². The Kier molecular flexibility index (Phi) is 26.5. The predicted molar refractivity (Wildman–Crippen MR) is 205 cm³/mol. The number of hydrogen-bond donors (Lipinski definition) is 3. The first-order valence-corrected chi connectivity index (χ1v) is 18.6. The first kappa shape index (κ1) is 46.3. The molecule has 2 aromatic rings. The van der Waals surface area contributed by atoms with Gasteiger partial charge in [0.2, 0.25) is 0 Å². The van der Waals surface area contributed by atoms with E-state index < -0.39 is 0 Å². The van der Waals surface area contributed by atoms with Crippen LogP contribution in [0.4, 0.5) is 0 Å². The fourth-order valence-corrected chi connectivity index (χ4v) is 6.09. The molecule has 1 fully saturated rings. The van der Waals surface area contributed by atoms with Crippen LogP contribution in [-0.2, 0) is 17.4 Å². The quantitative estimate of drug-likeness (QED) is 0.0498. The van der Waals surface area contributed by atoms with Gasteiger partial charge in [-0.2, -0.15) is 0 Å². The molecule has 6 nitrogen and oxygen atoms in total. The molecule has 7 heteroatoms. The molecule has 1 aromatic carbocycles. The van der Waals surface area contributed by atoms with Crippen LogP contribution >= 0.6 is 0 Å². The summed E-state index contributed by atoms with van der Waals surface area (Å²) in [7, 11) is 0. The number of rotatable bonds is 17. The molecule has 1 atom stereocenters. The summed E-state index contributed by atoms with van der Waals surface area (Å²) >= 11 is 0. The molecular formula is C42H67CrN2O4+. The number of carbonyl (C=O) groups excluding carboxylic acids is 2. The third-order valence-corrected chi connectivity index (χ3v) is 8.90. The molecule has 1 aliphatic carbocycles. The number of nitrogens with zero attached hydrogens (tertiary/aromatic N) is 1. The third-order valence-electron chi connectivity index (χ3n) is 8.90. The molecular weight excluding hydrogens is 648 g/mol. The van der Waals surface area contributed by atoms with Crippen molar-refractivity contribution in [3.63, 3.8) is 0 Å². The second kappa shape index (κ2) is 28.0. The molecule has 0 radical (unpaired) electrons. The van der Waals surface area contributed by atoms with E-state index in [1.54, 1.807) is 27.7 Å². The van der Waals surface area contributed by atoms with E-state index in [-0.39, 0.29) is 40.4 Å². The summed E-state index contributed by atoms with van der Waals surface area (Å²) in [5.74, 6) is 1.69. The van der Waals surface area contributed by atoms with Crippen LogP contribution in [0.2, 0.25) is 0 Å². The minimum atomic E-state index is 0. The second-order valence-corrected chi connectivity index (χ2v) is 13.1. The van der Waals surface area contributed by atoms with Gasteiger partial charge in [0.25, 0.3) is 0 Å². The largest absolute Gasteiger partial charge is 0.512 e. The minimum Gasteiger partial charge on any atom is -0.512 e. The monoisotopic (exact) mass is 715 g/mol. The summed E-state index contributed by atoms with van der Waals surface area (Å²) in [5.41, 5.74) is 4.71. The maximum atomic E-state index is 9.18. The number of benzene rings is 1. The van der Waals surface area contributed by atoms with Crippen molar-refractivity contribution < 1.29 is 37.2 Å². The summed E-state index contributed by atoms with van der Waals surface area (Å²) in [5, 5.41) is 22.2. The first-order chi connectivity index (χ1) is 23.1. The van der Waals surface area contributed by atoms with Crippen molar-refractivity contribution in [1.29, 1.82) is 0 Å². The topological polar surface area (TPSA) is 108 Å². The average molecular weight is 716 g/mol.